The molecule has 3 aromatic rings. The molecule has 0 spiro atoms. The largest absolute Gasteiger partial charge is 0.489 e. The lowest BCUT2D eigenvalue weighted by atomic mass is 9.95. The molecule has 0 atom stereocenters. The molecule has 0 aromatic heterocycles. The number of carboxylic acid groups (broad SMARTS) is 1. The summed E-state index contributed by atoms with van der Waals surface area (Å²) in [5.74, 6) is -0.0306. The van der Waals surface area contributed by atoms with Gasteiger partial charge in [0, 0.05) is 18.0 Å². The van der Waals surface area contributed by atoms with E-state index in [4.69, 9.17) is 9.84 Å². The Morgan fingerprint density at radius 3 is 2.48 bits per heavy atom. The van der Waals surface area contributed by atoms with Crippen LogP contribution in [0.1, 0.15) is 48.0 Å². The SMILES string of the molecule is O=C(O)c1ccc(/C=C(\CNC2CCCCC2)COc2cccc3ccccc23)cc1. The Hall–Kier alpha value is -3.11. The van der Waals surface area contributed by atoms with Crippen molar-refractivity contribution in [1.82, 2.24) is 5.32 Å². The molecule has 0 unspecified atom stereocenters. The molecule has 1 fully saturated rings. The fourth-order valence-electron chi connectivity index (χ4n) is 4.18. The van der Waals surface area contributed by atoms with Crippen LogP contribution in [0.25, 0.3) is 16.8 Å². The maximum atomic E-state index is 11.1. The van der Waals surface area contributed by atoms with Crippen molar-refractivity contribution in [3.8, 4) is 5.75 Å². The van der Waals surface area contributed by atoms with E-state index in [1.807, 2.05) is 36.4 Å². The van der Waals surface area contributed by atoms with Gasteiger partial charge >= 0.3 is 5.97 Å². The summed E-state index contributed by atoms with van der Waals surface area (Å²) in [5, 5.41) is 15.1. The van der Waals surface area contributed by atoms with E-state index in [1.54, 1.807) is 12.1 Å². The highest BCUT2D eigenvalue weighted by molar-refractivity contribution is 5.88. The van der Waals surface area contributed by atoms with Crippen molar-refractivity contribution in [2.24, 2.45) is 0 Å². The number of benzene rings is 3. The van der Waals surface area contributed by atoms with Gasteiger partial charge in [-0.1, -0.05) is 73.9 Å². The second-order valence-electron chi connectivity index (χ2n) is 8.21. The zero-order chi connectivity index (χ0) is 21.5. The second-order valence-corrected chi connectivity index (χ2v) is 8.21. The van der Waals surface area contributed by atoms with Crippen LogP contribution < -0.4 is 10.1 Å². The maximum Gasteiger partial charge on any atom is 0.335 e. The number of carbonyl (C=O) groups is 1. The number of ether oxygens (including phenoxy) is 1. The molecular formula is C27H29NO3. The highest BCUT2D eigenvalue weighted by Gasteiger charge is 2.13. The molecule has 0 saturated heterocycles. The predicted octanol–water partition coefficient (Wildman–Crippen LogP) is 5.92. The number of nitrogens with one attached hydrogen (secondary N) is 1. The summed E-state index contributed by atoms with van der Waals surface area (Å²) >= 11 is 0. The zero-order valence-corrected chi connectivity index (χ0v) is 17.7. The fraction of sp³-hybridized carbons (Fsp3) is 0.296. The quantitative estimate of drug-likeness (QED) is 0.479. The van der Waals surface area contributed by atoms with Crippen LogP contribution in [0.2, 0.25) is 0 Å². The zero-order valence-electron chi connectivity index (χ0n) is 17.7. The van der Waals surface area contributed by atoms with Crippen molar-refractivity contribution >= 4 is 22.8 Å². The minimum absolute atomic E-state index is 0.297. The number of rotatable bonds is 8. The first kappa shape index (κ1) is 21.1. The Morgan fingerprint density at radius 2 is 1.71 bits per heavy atom. The van der Waals surface area contributed by atoms with Gasteiger partial charge in [0.1, 0.15) is 12.4 Å². The summed E-state index contributed by atoms with van der Waals surface area (Å²) in [7, 11) is 0. The lowest BCUT2D eigenvalue weighted by Crippen LogP contribution is -2.33. The molecule has 4 rings (SSSR count). The van der Waals surface area contributed by atoms with Crippen molar-refractivity contribution < 1.29 is 14.6 Å². The Labute approximate surface area is 183 Å². The molecule has 1 aliphatic carbocycles. The first-order chi connectivity index (χ1) is 15.2. The van der Waals surface area contributed by atoms with Crippen LogP contribution in [0.4, 0.5) is 0 Å². The van der Waals surface area contributed by atoms with E-state index < -0.39 is 5.97 Å². The van der Waals surface area contributed by atoms with Crippen LogP contribution in [-0.4, -0.2) is 30.3 Å². The van der Waals surface area contributed by atoms with Gasteiger partial charge in [0.15, 0.2) is 0 Å². The molecule has 1 aliphatic rings. The lowest BCUT2D eigenvalue weighted by molar-refractivity contribution is 0.0697. The standard InChI is InChI=1S/C27H29NO3/c29-27(30)23-15-13-20(14-16-23)17-21(18-28-24-9-2-1-3-10-24)19-31-26-12-6-8-22-7-4-5-11-25(22)26/h4-8,11-17,24,28H,1-3,9-10,18-19H2,(H,29,30)/b21-17+. The van der Waals surface area contributed by atoms with Crippen molar-refractivity contribution in [2.75, 3.05) is 13.2 Å². The Morgan fingerprint density at radius 1 is 0.968 bits per heavy atom. The Balaban J connectivity index is 1.51. The Bertz CT molecular complexity index is 1040. The van der Waals surface area contributed by atoms with Gasteiger partial charge in [-0.2, -0.15) is 0 Å². The van der Waals surface area contributed by atoms with Crippen LogP contribution in [0.5, 0.6) is 5.75 Å². The molecule has 0 amide bonds. The summed E-state index contributed by atoms with van der Waals surface area (Å²) in [4.78, 5) is 11.1. The van der Waals surface area contributed by atoms with Gasteiger partial charge in [0.25, 0.3) is 0 Å². The summed E-state index contributed by atoms with van der Waals surface area (Å²) in [5.41, 5.74) is 2.42. The van der Waals surface area contributed by atoms with Gasteiger partial charge < -0.3 is 15.2 Å². The molecular weight excluding hydrogens is 386 g/mol. The van der Waals surface area contributed by atoms with E-state index in [0.29, 0.717) is 18.2 Å². The van der Waals surface area contributed by atoms with E-state index in [2.05, 4.69) is 29.6 Å². The van der Waals surface area contributed by atoms with Crippen LogP contribution in [0.15, 0.2) is 72.3 Å². The Kier molecular flexibility index (Phi) is 7.00. The molecule has 4 nitrogen and oxygen atoms in total. The fourth-order valence-corrected chi connectivity index (χ4v) is 4.18. The molecule has 0 heterocycles. The van der Waals surface area contributed by atoms with Gasteiger partial charge in [-0.25, -0.2) is 4.79 Å². The number of aromatic carboxylic acids is 1. The topological polar surface area (TPSA) is 58.6 Å². The molecule has 31 heavy (non-hydrogen) atoms. The summed E-state index contributed by atoms with van der Waals surface area (Å²) < 4.78 is 6.25. The summed E-state index contributed by atoms with van der Waals surface area (Å²) in [6.45, 7) is 1.24. The van der Waals surface area contributed by atoms with Crippen molar-refractivity contribution in [3.63, 3.8) is 0 Å². The van der Waals surface area contributed by atoms with Crippen LogP contribution in [0, 0.1) is 0 Å². The molecule has 4 heteroatoms. The van der Waals surface area contributed by atoms with Gasteiger partial charge in [0.05, 0.1) is 5.56 Å². The van der Waals surface area contributed by atoms with Crippen LogP contribution in [-0.2, 0) is 0 Å². The molecule has 0 radical (unpaired) electrons. The number of hydrogen-bond donors (Lipinski definition) is 2. The molecule has 160 valence electrons. The van der Waals surface area contributed by atoms with E-state index >= 15 is 0 Å². The number of hydrogen-bond acceptors (Lipinski definition) is 3. The van der Waals surface area contributed by atoms with Crippen molar-refractivity contribution in [3.05, 3.63) is 83.4 Å². The van der Waals surface area contributed by atoms with Crippen LogP contribution in [0.3, 0.4) is 0 Å². The third-order valence-corrected chi connectivity index (χ3v) is 5.91. The summed E-state index contributed by atoms with van der Waals surface area (Å²) in [6, 6.07) is 21.9. The molecule has 1 saturated carbocycles. The predicted molar refractivity (Wildman–Crippen MR) is 126 cm³/mol. The van der Waals surface area contributed by atoms with Crippen molar-refractivity contribution in [2.45, 2.75) is 38.1 Å². The molecule has 2 N–H and O–H groups in total. The number of carboxylic acids is 1. The summed E-state index contributed by atoms with van der Waals surface area (Å²) in [6.07, 6.45) is 8.48. The minimum Gasteiger partial charge on any atom is -0.489 e. The lowest BCUT2D eigenvalue weighted by Gasteiger charge is -2.23. The van der Waals surface area contributed by atoms with E-state index in [9.17, 15) is 4.79 Å². The normalized spacial score (nSPS) is 15.2. The number of fused-ring (bicyclic) bond motifs is 1. The third kappa shape index (κ3) is 5.74. The average Bonchev–Trinajstić information content (AvgIpc) is 2.82. The minimum atomic E-state index is -0.908. The monoisotopic (exact) mass is 415 g/mol. The second kappa shape index (κ2) is 10.3. The molecule has 3 aromatic carbocycles. The first-order valence-corrected chi connectivity index (χ1v) is 11.1. The van der Waals surface area contributed by atoms with Gasteiger partial charge in [0.2, 0.25) is 0 Å². The molecule has 0 bridgehead atoms. The maximum absolute atomic E-state index is 11.1. The smallest absolute Gasteiger partial charge is 0.335 e. The van der Waals surface area contributed by atoms with E-state index in [-0.39, 0.29) is 0 Å². The first-order valence-electron chi connectivity index (χ1n) is 11.1. The van der Waals surface area contributed by atoms with Gasteiger partial charge in [-0.3, -0.25) is 0 Å². The van der Waals surface area contributed by atoms with Gasteiger partial charge in [-0.05, 0) is 47.6 Å². The van der Waals surface area contributed by atoms with Crippen molar-refractivity contribution in [1.29, 1.82) is 0 Å². The third-order valence-electron chi connectivity index (χ3n) is 5.91. The van der Waals surface area contributed by atoms with Crippen LogP contribution >= 0.6 is 0 Å². The van der Waals surface area contributed by atoms with E-state index in [1.165, 1.54) is 32.1 Å². The molecule has 0 aliphatic heterocycles. The highest BCUT2D eigenvalue weighted by atomic mass is 16.5. The van der Waals surface area contributed by atoms with Gasteiger partial charge in [-0.15, -0.1) is 0 Å². The average molecular weight is 416 g/mol. The highest BCUT2D eigenvalue weighted by Crippen LogP contribution is 2.26. The van der Waals surface area contributed by atoms with E-state index in [0.717, 1.165) is 34.2 Å².